The Kier molecular flexibility index (Phi) is 5.08. The topological polar surface area (TPSA) is 50.3 Å². The minimum absolute atomic E-state index is 0.423. The van der Waals surface area contributed by atoms with E-state index in [0.717, 1.165) is 36.9 Å². The van der Waals surface area contributed by atoms with Crippen LogP contribution in [0.25, 0.3) is 0 Å². The van der Waals surface area contributed by atoms with Crippen LogP contribution in [0.15, 0.2) is 36.4 Å². The van der Waals surface area contributed by atoms with Gasteiger partial charge < -0.3 is 10.1 Å². The first-order valence-corrected chi connectivity index (χ1v) is 8.15. The molecule has 5 heteroatoms. The molecule has 0 saturated carbocycles. The van der Waals surface area contributed by atoms with Gasteiger partial charge in [-0.05, 0) is 56.1 Å². The van der Waals surface area contributed by atoms with E-state index in [-0.39, 0.29) is 0 Å². The highest BCUT2D eigenvalue weighted by molar-refractivity contribution is 5.34. The van der Waals surface area contributed by atoms with Gasteiger partial charge in [0.25, 0.3) is 0 Å². The van der Waals surface area contributed by atoms with E-state index in [1.54, 1.807) is 7.11 Å². The van der Waals surface area contributed by atoms with E-state index < -0.39 is 0 Å². The van der Waals surface area contributed by atoms with Gasteiger partial charge in [-0.25, -0.2) is 0 Å². The largest absolute Gasteiger partial charge is 0.497 e. The minimum Gasteiger partial charge on any atom is -0.497 e. The Morgan fingerprint density at radius 3 is 2.96 bits per heavy atom. The Morgan fingerprint density at radius 1 is 1.26 bits per heavy atom. The van der Waals surface area contributed by atoms with Crippen molar-refractivity contribution in [1.82, 2.24) is 15.1 Å². The summed E-state index contributed by atoms with van der Waals surface area (Å²) in [5.74, 6) is 1.79. The van der Waals surface area contributed by atoms with Crippen LogP contribution < -0.4 is 10.1 Å². The maximum absolute atomic E-state index is 5.31. The second-order valence-corrected chi connectivity index (χ2v) is 6.13. The van der Waals surface area contributed by atoms with E-state index in [1.807, 2.05) is 25.1 Å². The van der Waals surface area contributed by atoms with Gasteiger partial charge in [0.15, 0.2) is 0 Å². The first kappa shape index (κ1) is 15.7. The number of piperidine rings is 1. The molecule has 1 aromatic carbocycles. The number of methoxy groups -OCH3 is 1. The maximum atomic E-state index is 5.31. The van der Waals surface area contributed by atoms with E-state index in [2.05, 4.69) is 38.6 Å². The average molecular weight is 312 g/mol. The number of aromatic nitrogens is 2. The molecule has 1 atom stereocenters. The summed E-state index contributed by atoms with van der Waals surface area (Å²) in [6.07, 6.45) is 2.37. The fourth-order valence-electron chi connectivity index (χ4n) is 3.03. The highest BCUT2D eigenvalue weighted by atomic mass is 16.5. The molecular formula is C18H24N4O. The van der Waals surface area contributed by atoms with Crippen LogP contribution in [0.4, 0.5) is 5.82 Å². The molecule has 0 aliphatic carbocycles. The molecule has 5 nitrogen and oxygen atoms in total. The molecule has 1 aliphatic heterocycles. The number of aryl methyl sites for hydroxylation is 1. The lowest BCUT2D eigenvalue weighted by atomic mass is 10.0. The van der Waals surface area contributed by atoms with Crippen molar-refractivity contribution in [2.24, 2.45) is 0 Å². The lowest BCUT2D eigenvalue weighted by molar-refractivity contribution is 0.208. The summed E-state index contributed by atoms with van der Waals surface area (Å²) in [5.41, 5.74) is 2.24. The van der Waals surface area contributed by atoms with Crippen molar-refractivity contribution < 1.29 is 4.74 Å². The maximum Gasteiger partial charge on any atom is 0.148 e. The predicted octanol–water partition coefficient (Wildman–Crippen LogP) is 2.87. The fraction of sp³-hybridized carbons (Fsp3) is 0.444. The van der Waals surface area contributed by atoms with Crippen LogP contribution in [0, 0.1) is 6.92 Å². The molecule has 23 heavy (non-hydrogen) atoms. The molecule has 3 rings (SSSR count). The Hall–Kier alpha value is -2.14. The van der Waals surface area contributed by atoms with Gasteiger partial charge >= 0.3 is 0 Å². The van der Waals surface area contributed by atoms with Crippen molar-refractivity contribution in [1.29, 1.82) is 0 Å². The summed E-state index contributed by atoms with van der Waals surface area (Å²) in [6.45, 7) is 5.06. The van der Waals surface area contributed by atoms with E-state index in [1.165, 1.54) is 18.4 Å². The van der Waals surface area contributed by atoms with E-state index in [0.29, 0.717) is 6.04 Å². The second kappa shape index (κ2) is 7.42. The molecule has 1 aromatic heterocycles. The summed E-state index contributed by atoms with van der Waals surface area (Å²) in [6, 6.07) is 12.7. The van der Waals surface area contributed by atoms with Gasteiger partial charge in [-0.3, -0.25) is 4.90 Å². The zero-order chi connectivity index (χ0) is 16.1. The molecule has 1 aliphatic rings. The lowest BCUT2D eigenvalue weighted by Gasteiger charge is -2.33. The Labute approximate surface area is 137 Å². The third-order valence-corrected chi connectivity index (χ3v) is 4.20. The van der Waals surface area contributed by atoms with E-state index >= 15 is 0 Å². The van der Waals surface area contributed by atoms with Crippen LogP contribution in [-0.4, -0.2) is 41.3 Å². The Morgan fingerprint density at radius 2 is 2.17 bits per heavy atom. The molecular weight excluding hydrogens is 288 g/mol. The van der Waals surface area contributed by atoms with Crippen molar-refractivity contribution in [2.45, 2.75) is 32.4 Å². The van der Waals surface area contributed by atoms with Gasteiger partial charge in [0.05, 0.1) is 12.8 Å². The first-order chi connectivity index (χ1) is 11.2. The molecule has 2 aromatic rings. The Bertz CT molecular complexity index is 629. The van der Waals surface area contributed by atoms with Crippen LogP contribution in [0.1, 0.15) is 24.1 Å². The molecule has 0 bridgehead atoms. The highest BCUT2D eigenvalue weighted by Crippen LogP contribution is 2.19. The van der Waals surface area contributed by atoms with E-state index in [9.17, 15) is 0 Å². The number of ether oxygens (including phenoxy) is 1. The Balaban J connectivity index is 1.58. The molecule has 122 valence electrons. The second-order valence-electron chi connectivity index (χ2n) is 6.13. The van der Waals surface area contributed by atoms with Gasteiger partial charge in [-0.2, -0.15) is 5.10 Å². The number of rotatable bonds is 5. The monoisotopic (exact) mass is 312 g/mol. The first-order valence-electron chi connectivity index (χ1n) is 8.15. The van der Waals surface area contributed by atoms with Gasteiger partial charge in [-0.15, -0.1) is 5.10 Å². The van der Waals surface area contributed by atoms with Gasteiger partial charge in [-0.1, -0.05) is 12.1 Å². The molecule has 1 fully saturated rings. The normalized spacial score (nSPS) is 18.6. The summed E-state index contributed by atoms with van der Waals surface area (Å²) in [5, 5.41) is 11.8. The quantitative estimate of drug-likeness (QED) is 0.920. The van der Waals surface area contributed by atoms with Crippen molar-refractivity contribution >= 4 is 5.82 Å². The SMILES string of the molecule is COc1cccc(CN2CCC[C@H](Nc3ccc(C)nn3)C2)c1. The van der Waals surface area contributed by atoms with Crippen LogP contribution in [-0.2, 0) is 6.54 Å². The number of hydrogen-bond donors (Lipinski definition) is 1. The highest BCUT2D eigenvalue weighted by Gasteiger charge is 2.20. The van der Waals surface area contributed by atoms with Crippen LogP contribution >= 0.6 is 0 Å². The summed E-state index contributed by atoms with van der Waals surface area (Å²) in [4.78, 5) is 2.48. The number of nitrogens with zero attached hydrogens (tertiary/aromatic N) is 3. The molecule has 0 radical (unpaired) electrons. The zero-order valence-electron chi connectivity index (χ0n) is 13.8. The van der Waals surface area contributed by atoms with Crippen molar-refractivity contribution in [3.05, 3.63) is 47.7 Å². The third-order valence-electron chi connectivity index (χ3n) is 4.20. The van der Waals surface area contributed by atoms with Crippen LogP contribution in [0.2, 0.25) is 0 Å². The van der Waals surface area contributed by atoms with Crippen LogP contribution in [0.3, 0.4) is 0 Å². The van der Waals surface area contributed by atoms with Crippen molar-refractivity contribution in [3.63, 3.8) is 0 Å². The van der Waals surface area contributed by atoms with Crippen molar-refractivity contribution in [3.8, 4) is 5.75 Å². The summed E-state index contributed by atoms with van der Waals surface area (Å²) >= 11 is 0. The van der Waals surface area contributed by atoms with Gasteiger partial charge in [0.2, 0.25) is 0 Å². The summed E-state index contributed by atoms with van der Waals surface area (Å²) in [7, 11) is 1.71. The number of benzene rings is 1. The number of nitrogens with one attached hydrogen (secondary N) is 1. The molecule has 1 saturated heterocycles. The number of hydrogen-bond acceptors (Lipinski definition) is 5. The molecule has 1 N–H and O–H groups in total. The number of anilines is 1. The standard InChI is InChI=1S/C18H24N4O/c1-14-8-9-18(21-20-14)19-16-6-4-10-22(13-16)12-15-5-3-7-17(11-15)23-2/h3,5,7-9,11,16H,4,6,10,12-13H2,1-2H3,(H,19,21)/t16-/m0/s1. The number of likely N-dealkylation sites (tertiary alicyclic amines) is 1. The zero-order valence-corrected chi connectivity index (χ0v) is 13.8. The van der Waals surface area contributed by atoms with E-state index in [4.69, 9.17) is 4.74 Å². The van der Waals surface area contributed by atoms with Crippen LogP contribution in [0.5, 0.6) is 5.75 Å². The van der Waals surface area contributed by atoms with Gasteiger partial charge in [0, 0.05) is 19.1 Å². The lowest BCUT2D eigenvalue weighted by Crippen LogP contribution is -2.41. The molecule has 2 heterocycles. The summed E-state index contributed by atoms with van der Waals surface area (Å²) < 4.78 is 5.31. The molecule has 0 unspecified atom stereocenters. The average Bonchev–Trinajstić information content (AvgIpc) is 2.57. The van der Waals surface area contributed by atoms with Crippen molar-refractivity contribution in [2.75, 3.05) is 25.5 Å². The molecule has 0 spiro atoms. The molecule has 0 amide bonds. The predicted molar refractivity (Wildman–Crippen MR) is 91.7 cm³/mol. The fourth-order valence-corrected chi connectivity index (χ4v) is 3.03. The third kappa shape index (κ3) is 4.42. The van der Waals surface area contributed by atoms with Gasteiger partial charge in [0.1, 0.15) is 11.6 Å². The smallest absolute Gasteiger partial charge is 0.148 e. The minimum atomic E-state index is 0.423.